The Morgan fingerprint density at radius 3 is 2.50 bits per heavy atom. The highest BCUT2D eigenvalue weighted by atomic mass is 35.5. The van der Waals surface area contributed by atoms with E-state index in [1.165, 1.54) is 12.1 Å². The third kappa shape index (κ3) is 5.65. The summed E-state index contributed by atoms with van der Waals surface area (Å²) in [5.74, 6) is -0.615. The number of hydrogen-bond donors (Lipinski definition) is 0. The first kappa shape index (κ1) is 22.1. The number of non-ortho nitro benzene ring substituents is 1. The Labute approximate surface area is 173 Å². The van der Waals surface area contributed by atoms with Crippen LogP contribution >= 0.6 is 24.0 Å². The Hall–Kier alpha value is -2.19. The molecule has 7 nitrogen and oxygen atoms in total. The summed E-state index contributed by atoms with van der Waals surface area (Å²) in [4.78, 5) is 24.8. The third-order valence-corrected chi connectivity index (χ3v) is 4.67. The van der Waals surface area contributed by atoms with Gasteiger partial charge in [-0.15, -0.1) is 12.4 Å². The van der Waals surface area contributed by atoms with Gasteiger partial charge in [-0.3, -0.25) is 15.0 Å². The lowest BCUT2D eigenvalue weighted by atomic mass is 10.1. The molecule has 3 rings (SSSR count). The minimum atomic E-state index is -0.615. The lowest BCUT2D eigenvalue weighted by Crippen LogP contribution is -2.35. The van der Waals surface area contributed by atoms with Crippen LogP contribution in [0.4, 0.5) is 5.69 Å². The summed E-state index contributed by atoms with van der Waals surface area (Å²) in [7, 11) is 0. The Bertz CT molecular complexity index is 841. The number of nitro benzene ring substituents is 1. The fraction of sp³-hybridized carbons (Fsp3) is 0.316. The van der Waals surface area contributed by atoms with E-state index in [9.17, 15) is 14.9 Å². The van der Waals surface area contributed by atoms with Crippen LogP contribution < -0.4 is 0 Å². The predicted molar refractivity (Wildman–Crippen MR) is 107 cm³/mol. The van der Waals surface area contributed by atoms with E-state index >= 15 is 0 Å². The first-order valence-electron chi connectivity index (χ1n) is 8.52. The zero-order valence-electron chi connectivity index (χ0n) is 15.0. The number of hydrogen-bond acceptors (Lipinski definition) is 6. The molecule has 0 spiro atoms. The van der Waals surface area contributed by atoms with Crippen molar-refractivity contribution in [3.05, 3.63) is 74.3 Å². The minimum absolute atomic E-state index is 0. The van der Waals surface area contributed by atoms with Crippen molar-refractivity contribution in [1.29, 1.82) is 0 Å². The van der Waals surface area contributed by atoms with Crippen molar-refractivity contribution in [2.24, 2.45) is 0 Å². The topological polar surface area (TPSA) is 81.9 Å². The van der Waals surface area contributed by atoms with Gasteiger partial charge in [0.1, 0.15) is 6.61 Å². The van der Waals surface area contributed by atoms with Crippen molar-refractivity contribution >= 4 is 35.7 Å². The van der Waals surface area contributed by atoms with E-state index in [0.29, 0.717) is 0 Å². The van der Waals surface area contributed by atoms with E-state index in [-0.39, 0.29) is 35.3 Å². The van der Waals surface area contributed by atoms with Gasteiger partial charge in [-0.25, -0.2) is 4.79 Å². The van der Waals surface area contributed by atoms with E-state index in [4.69, 9.17) is 21.1 Å². The number of nitrogens with zero attached hydrogens (tertiary/aromatic N) is 2. The molecule has 2 aromatic carbocycles. The number of benzene rings is 2. The molecule has 0 aromatic heterocycles. The largest absolute Gasteiger partial charge is 0.457 e. The number of esters is 1. The van der Waals surface area contributed by atoms with E-state index in [1.54, 1.807) is 0 Å². The maximum atomic E-state index is 12.3. The Morgan fingerprint density at radius 2 is 1.86 bits per heavy atom. The monoisotopic (exact) mass is 426 g/mol. The number of carbonyl (C=O) groups excluding carboxylic acids is 1. The van der Waals surface area contributed by atoms with Crippen LogP contribution in [0.3, 0.4) is 0 Å². The van der Waals surface area contributed by atoms with Gasteiger partial charge in [-0.1, -0.05) is 35.9 Å². The number of morpholine rings is 1. The summed E-state index contributed by atoms with van der Waals surface area (Å²) in [5.41, 5.74) is 1.93. The second-order valence-electron chi connectivity index (χ2n) is 6.15. The van der Waals surface area contributed by atoms with E-state index < -0.39 is 10.9 Å². The van der Waals surface area contributed by atoms with Gasteiger partial charge in [0, 0.05) is 31.8 Å². The zero-order chi connectivity index (χ0) is 19.2. The molecule has 28 heavy (non-hydrogen) atoms. The maximum Gasteiger partial charge on any atom is 0.339 e. The molecule has 0 saturated carbocycles. The molecule has 1 fully saturated rings. The molecule has 2 aromatic rings. The van der Waals surface area contributed by atoms with Gasteiger partial charge >= 0.3 is 5.97 Å². The van der Waals surface area contributed by atoms with Crippen LogP contribution in [-0.4, -0.2) is 42.1 Å². The van der Waals surface area contributed by atoms with Crippen LogP contribution in [0.15, 0.2) is 42.5 Å². The van der Waals surface area contributed by atoms with Crippen molar-refractivity contribution < 1.29 is 19.2 Å². The Morgan fingerprint density at radius 1 is 1.18 bits per heavy atom. The average Bonchev–Trinajstić information content (AvgIpc) is 2.67. The summed E-state index contributed by atoms with van der Waals surface area (Å²) in [6, 6.07) is 11.5. The van der Waals surface area contributed by atoms with Crippen molar-refractivity contribution in [1.82, 2.24) is 4.90 Å². The second kappa shape index (κ2) is 10.4. The third-order valence-electron chi connectivity index (χ3n) is 4.36. The molecule has 1 saturated heterocycles. The lowest BCUT2D eigenvalue weighted by molar-refractivity contribution is -0.384. The molecule has 0 N–H and O–H groups in total. The van der Waals surface area contributed by atoms with Crippen LogP contribution in [0.25, 0.3) is 0 Å². The van der Waals surface area contributed by atoms with Crippen LogP contribution in [0.2, 0.25) is 5.02 Å². The number of carbonyl (C=O) groups is 1. The fourth-order valence-corrected chi connectivity index (χ4v) is 3.11. The lowest BCUT2D eigenvalue weighted by Gasteiger charge is -2.27. The number of halogens is 2. The van der Waals surface area contributed by atoms with E-state index in [1.807, 2.05) is 24.3 Å². The van der Waals surface area contributed by atoms with Crippen molar-refractivity contribution in [2.75, 3.05) is 26.3 Å². The normalized spacial score (nSPS) is 14.2. The molecular formula is C19H20Cl2N2O5. The van der Waals surface area contributed by atoms with Crippen molar-refractivity contribution in [3.63, 3.8) is 0 Å². The standard InChI is InChI=1S/C19H19ClN2O5.ClH/c20-18-11-16(22(24)25)5-6-17(18)19(23)27-13-15-4-2-1-3-14(15)12-21-7-9-26-10-8-21;/h1-6,11H,7-10,12-13H2;1H. The molecule has 1 heterocycles. The molecule has 0 atom stereocenters. The highest BCUT2D eigenvalue weighted by Crippen LogP contribution is 2.24. The van der Waals surface area contributed by atoms with Crippen LogP contribution in [0.1, 0.15) is 21.5 Å². The summed E-state index contributed by atoms with van der Waals surface area (Å²) in [6.45, 7) is 4.03. The van der Waals surface area contributed by atoms with Crippen molar-refractivity contribution in [3.8, 4) is 0 Å². The summed E-state index contributed by atoms with van der Waals surface area (Å²) < 4.78 is 10.8. The number of nitro groups is 1. The van der Waals surface area contributed by atoms with Crippen LogP contribution in [0.5, 0.6) is 0 Å². The molecule has 0 unspecified atom stereocenters. The zero-order valence-corrected chi connectivity index (χ0v) is 16.6. The first-order valence-corrected chi connectivity index (χ1v) is 8.90. The fourth-order valence-electron chi connectivity index (χ4n) is 2.86. The summed E-state index contributed by atoms with van der Waals surface area (Å²) >= 11 is 5.99. The van der Waals surface area contributed by atoms with E-state index in [0.717, 1.165) is 50.0 Å². The summed E-state index contributed by atoms with van der Waals surface area (Å²) in [6.07, 6.45) is 0. The molecule has 1 aliphatic rings. The van der Waals surface area contributed by atoms with Gasteiger partial charge in [0.25, 0.3) is 5.69 Å². The predicted octanol–water partition coefficient (Wildman–Crippen LogP) is 3.86. The highest BCUT2D eigenvalue weighted by molar-refractivity contribution is 6.33. The molecule has 0 amide bonds. The molecule has 0 radical (unpaired) electrons. The Kier molecular flexibility index (Phi) is 8.19. The molecule has 150 valence electrons. The molecule has 0 aliphatic carbocycles. The smallest absolute Gasteiger partial charge is 0.339 e. The minimum Gasteiger partial charge on any atom is -0.457 e. The van der Waals surface area contributed by atoms with Crippen LogP contribution in [0, 0.1) is 10.1 Å². The van der Waals surface area contributed by atoms with Gasteiger partial charge in [-0.05, 0) is 17.2 Å². The molecule has 1 aliphatic heterocycles. The maximum absolute atomic E-state index is 12.3. The number of ether oxygens (including phenoxy) is 2. The quantitative estimate of drug-likeness (QED) is 0.396. The number of rotatable bonds is 6. The van der Waals surface area contributed by atoms with Gasteiger partial charge < -0.3 is 9.47 Å². The summed E-state index contributed by atoms with van der Waals surface area (Å²) in [5, 5.41) is 10.8. The molecule has 0 bridgehead atoms. The highest BCUT2D eigenvalue weighted by Gasteiger charge is 2.17. The SMILES string of the molecule is Cl.O=C(OCc1ccccc1CN1CCOCC1)c1ccc([N+](=O)[O-])cc1Cl. The van der Waals surface area contributed by atoms with Gasteiger partial charge in [0.05, 0.1) is 28.7 Å². The molecular weight excluding hydrogens is 407 g/mol. The van der Waals surface area contributed by atoms with Gasteiger partial charge in [-0.2, -0.15) is 0 Å². The van der Waals surface area contributed by atoms with Crippen LogP contribution in [-0.2, 0) is 22.6 Å². The van der Waals surface area contributed by atoms with Gasteiger partial charge in [0.15, 0.2) is 0 Å². The molecule has 9 heteroatoms. The van der Waals surface area contributed by atoms with Gasteiger partial charge in [0.2, 0.25) is 0 Å². The first-order chi connectivity index (χ1) is 13.0. The van der Waals surface area contributed by atoms with E-state index in [2.05, 4.69) is 4.90 Å². The second-order valence-corrected chi connectivity index (χ2v) is 6.56. The Balaban J connectivity index is 0.00000280. The van der Waals surface area contributed by atoms with Crippen molar-refractivity contribution in [2.45, 2.75) is 13.2 Å². The average molecular weight is 427 g/mol.